The zero-order chi connectivity index (χ0) is 14.1. The van der Waals surface area contributed by atoms with Gasteiger partial charge in [-0.15, -0.1) is 11.3 Å². The largest absolute Gasteiger partial charge is 0.481 e. The Balaban J connectivity index is 2.18. The van der Waals surface area contributed by atoms with E-state index >= 15 is 0 Å². The molecule has 0 radical (unpaired) electrons. The maximum Gasteiger partial charge on any atom is 0.303 e. The van der Waals surface area contributed by atoms with Crippen LogP contribution >= 0.6 is 11.3 Å². The third kappa shape index (κ3) is 6.30. The molecule has 0 atom stereocenters. The number of amides is 1. The molecule has 6 nitrogen and oxygen atoms in total. The van der Waals surface area contributed by atoms with Crippen LogP contribution in [-0.4, -0.2) is 35.6 Å². The molecule has 0 saturated carbocycles. The molecule has 0 fully saturated rings. The number of carboxylic acid groups (broad SMARTS) is 1. The molecular weight excluding hydrogens is 268 g/mol. The lowest BCUT2D eigenvalue weighted by Gasteiger charge is -2.02. The van der Waals surface area contributed by atoms with Gasteiger partial charge >= 0.3 is 5.97 Å². The summed E-state index contributed by atoms with van der Waals surface area (Å²) in [7, 11) is 1.58. The second-order valence-electron chi connectivity index (χ2n) is 4.02. The van der Waals surface area contributed by atoms with Crippen molar-refractivity contribution in [2.45, 2.75) is 32.3 Å². The van der Waals surface area contributed by atoms with Crippen molar-refractivity contribution < 1.29 is 19.4 Å². The van der Waals surface area contributed by atoms with Gasteiger partial charge < -0.3 is 15.2 Å². The minimum atomic E-state index is -0.780. The zero-order valence-electron chi connectivity index (χ0n) is 10.8. The first-order chi connectivity index (χ1) is 9.13. The Morgan fingerprint density at radius 2 is 2.21 bits per heavy atom. The SMILES string of the molecule is COCc1nc(C(=O)NCCCCCC(=O)O)cs1. The van der Waals surface area contributed by atoms with E-state index in [0.717, 1.165) is 17.8 Å². The van der Waals surface area contributed by atoms with Crippen molar-refractivity contribution >= 4 is 23.2 Å². The molecule has 1 rings (SSSR count). The molecular formula is C12H18N2O4S. The van der Waals surface area contributed by atoms with Crippen LogP contribution in [0.5, 0.6) is 0 Å². The van der Waals surface area contributed by atoms with Crippen LogP contribution in [0.25, 0.3) is 0 Å². The molecule has 19 heavy (non-hydrogen) atoms. The van der Waals surface area contributed by atoms with Crippen molar-refractivity contribution in [3.05, 3.63) is 16.1 Å². The number of carboxylic acids is 1. The van der Waals surface area contributed by atoms with Crippen molar-refractivity contribution in [3.63, 3.8) is 0 Å². The molecule has 0 saturated heterocycles. The first-order valence-electron chi connectivity index (χ1n) is 6.07. The molecule has 0 unspecified atom stereocenters. The van der Waals surface area contributed by atoms with Gasteiger partial charge in [-0.3, -0.25) is 9.59 Å². The number of carbonyl (C=O) groups is 2. The molecule has 0 aliphatic carbocycles. The quantitative estimate of drug-likeness (QED) is 0.674. The van der Waals surface area contributed by atoms with Crippen molar-refractivity contribution in [2.75, 3.05) is 13.7 Å². The van der Waals surface area contributed by atoms with Crippen molar-refractivity contribution in [1.29, 1.82) is 0 Å². The Hall–Kier alpha value is -1.47. The van der Waals surface area contributed by atoms with Gasteiger partial charge in [0.05, 0.1) is 6.61 Å². The van der Waals surface area contributed by atoms with Crippen LogP contribution in [0.3, 0.4) is 0 Å². The van der Waals surface area contributed by atoms with Crippen LogP contribution in [0.1, 0.15) is 41.2 Å². The average Bonchev–Trinajstić information content (AvgIpc) is 2.82. The molecule has 1 heterocycles. The second kappa shape index (κ2) is 8.60. The lowest BCUT2D eigenvalue weighted by Crippen LogP contribution is -2.24. The minimum absolute atomic E-state index is 0.181. The van der Waals surface area contributed by atoms with Gasteiger partial charge in [-0.05, 0) is 12.8 Å². The van der Waals surface area contributed by atoms with Crippen LogP contribution in [0.15, 0.2) is 5.38 Å². The highest BCUT2D eigenvalue weighted by molar-refractivity contribution is 7.09. The summed E-state index contributed by atoms with van der Waals surface area (Å²) in [5, 5.41) is 13.7. The Bertz CT molecular complexity index is 420. The predicted octanol–water partition coefficient (Wildman–Crippen LogP) is 1.66. The number of nitrogens with zero attached hydrogens (tertiary/aromatic N) is 1. The summed E-state index contributed by atoms with van der Waals surface area (Å²) >= 11 is 1.39. The molecule has 106 valence electrons. The Morgan fingerprint density at radius 1 is 1.42 bits per heavy atom. The molecule has 0 aromatic carbocycles. The predicted molar refractivity (Wildman–Crippen MR) is 71.3 cm³/mol. The molecule has 0 aliphatic rings. The summed E-state index contributed by atoms with van der Waals surface area (Å²) < 4.78 is 4.93. The van der Waals surface area contributed by atoms with E-state index < -0.39 is 5.97 Å². The lowest BCUT2D eigenvalue weighted by atomic mass is 10.2. The number of hydrogen-bond acceptors (Lipinski definition) is 5. The minimum Gasteiger partial charge on any atom is -0.481 e. The van der Waals surface area contributed by atoms with Crippen molar-refractivity contribution in [1.82, 2.24) is 10.3 Å². The highest BCUT2D eigenvalue weighted by Crippen LogP contribution is 2.10. The number of rotatable bonds is 9. The lowest BCUT2D eigenvalue weighted by molar-refractivity contribution is -0.137. The fraction of sp³-hybridized carbons (Fsp3) is 0.583. The maximum atomic E-state index is 11.7. The number of nitrogens with one attached hydrogen (secondary N) is 1. The monoisotopic (exact) mass is 286 g/mol. The summed E-state index contributed by atoms with van der Waals surface area (Å²) in [6, 6.07) is 0. The van der Waals surface area contributed by atoms with Crippen LogP contribution < -0.4 is 5.32 Å². The van der Waals surface area contributed by atoms with Gasteiger partial charge in [-0.2, -0.15) is 0 Å². The number of methoxy groups -OCH3 is 1. The van der Waals surface area contributed by atoms with Gasteiger partial charge in [0, 0.05) is 25.5 Å². The summed E-state index contributed by atoms with van der Waals surface area (Å²) in [5.41, 5.74) is 0.405. The number of carbonyl (C=O) groups excluding carboxylic acids is 1. The highest BCUT2D eigenvalue weighted by Gasteiger charge is 2.09. The highest BCUT2D eigenvalue weighted by atomic mass is 32.1. The van der Waals surface area contributed by atoms with Crippen molar-refractivity contribution in [3.8, 4) is 0 Å². The molecule has 2 N–H and O–H groups in total. The van der Waals surface area contributed by atoms with Gasteiger partial charge in [0.2, 0.25) is 0 Å². The fourth-order valence-corrected chi connectivity index (χ4v) is 2.22. The summed E-state index contributed by atoms with van der Waals surface area (Å²) in [6.07, 6.45) is 2.38. The van der Waals surface area contributed by atoms with E-state index in [1.807, 2.05) is 0 Å². The number of unbranched alkanes of at least 4 members (excludes halogenated alkanes) is 2. The molecule has 1 aromatic rings. The van der Waals surface area contributed by atoms with Gasteiger partial charge in [0.25, 0.3) is 5.91 Å². The molecule has 0 aliphatic heterocycles. The maximum absolute atomic E-state index is 11.7. The molecule has 7 heteroatoms. The number of aromatic nitrogens is 1. The van der Waals surface area contributed by atoms with Crippen LogP contribution in [0, 0.1) is 0 Å². The standard InChI is InChI=1S/C12H18N2O4S/c1-18-7-10-14-9(8-19-10)12(17)13-6-4-2-3-5-11(15)16/h8H,2-7H2,1H3,(H,13,17)(H,15,16). The fourth-order valence-electron chi connectivity index (χ4n) is 1.48. The Labute approximate surface area is 115 Å². The van der Waals surface area contributed by atoms with E-state index in [0.29, 0.717) is 25.3 Å². The molecule has 0 spiro atoms. The molecule has 1 amide bonds. The summed E-state index contributed by atoms with van der Waals surface area (Å²) in [4.78, 5) is 26.1. The van der Waals surface area contributed by atoms with Crippen LogP contribution in [-0.2, 0) is 16.1 Å². The van der Waals surface area contributed by atoms with Gasteiger partial charge in [0.15, 0.2) is 0 Å². The smallest absolute Gasteiger partial charge is 0.303 e. The van der Waals surface area contributed by atoms with E-state index in [2.05, 4.69) is 10.3 Å². The second-order valence-corrected chi connectivity index (χ2v) is 4.96. The summed E-state index contributed by atoms with van der Waals surface area (Å²) in [5.74, 6) is -0.978. The number of hydrogen-bond donors (Lipinski definition) is 2. The molecule has 1 aromatic heterocycles. The van der Waals surface area contributed by atoms with Crippen LogP contribution in [0.2, 0.25) is 0 Å². The third-order valence-electron chi connectivity index (χ3n) is 2.41. The first-order valence-corrected chi connectivity index (χ1v) is 6.94. The number of thiazole rings is 1. The van der Waals surface area contributed by atoms with Gasteiger partial charge in [-0.1, -0.05) is 6.42 Å². The van der Waals surface area contributed by atoms with Gasteiger partial charge in [-0.25, -0.2) is 4.98 Å². The first kappa shape index (κ1) is 15.6. The van der Waals surface area contributed by atoms with Gasteiger partial charge in [0.1, 0.15) is 10.7 Å². The average molecular weight is 286 g/mol. The Kier molecular flexibility index (Phi) is 7.06. The topological polar surface area (TPSA) is 88.5 Å². The summed E-state index contributed by atoms with van der Waals surface area (Å²) in [6.45, 7) is 0.947. The normalized spacial score (nSPS) is 10.4. The van der Waals surface area contributed by atoms with E-state index in [1.54, 1.807) is 12.5 Å². The number of ether oxygens (including phenoxy) is 1. The van der Waals surface area contributed by atoms with E-state index in [1.165, 1.54) is 11.3 Å². The Morgan fingerprint density at radius 3 is 2.89 bits per heavy atom. The van der Waals surface area contributed by atoms with E-state index in [-0.39, 0.29) is 12.3 Å². The molecule has 0 bridgehead atoms. The zero-order valence-corrected chi connectivity index (χ0v) is 11.7. The van der Waals surface area contributed by atoms with E-state index in [4.69, 9.17) is 9.84 Å². The van der Waals surface area contributed by atoms with Crippen molar-refractivity contribution in [2.24, 2.45) is 0 Å². The van der Waals surface area contributed by atoms with Crippen LogP contribution in [0.4, 0.5) is 0 Å². The third-order valence-corrected chi connectivity index (χ3v) is 3.23. The van der Waals surface area contributed by atoms with E-state index in [9.17, 15) is 9.59 Å². The number of aliphatic carboxylic acids is 1.